The zero-order valence-corrected chi connectivity index (χ0v) is 14.5. The van der Waals surface area contributed by atoms with Crippen LogP contribution >= 0.6 is 0 Å². The van der Waals surface area contributed by atoms with Crippen molar-refractivity contribution < 1.29 is 4.79 Å². The average molecular weight is 347 g/mol. The molecule has 3 aromatic rings. The van der Waals surface area contributed by atoms with Gasteiger partial charge in [-0.1, -0.05) is 0 Å². The predicted molar refractivity (Wildman–Crippen MR) is 101 cm³/mol. The van der Waals surface area contributed by atoms with Gasteiger partial charge in [-0.05, 0) is 55.0 Å². The summed E-state index contributed by atoms with van der Waals surface area (Å²) >= 11 is 0. The molecule has 2 aromatic heterocycles. The zero-order chi connectivity index (χ0) is 17.8. The molecule has 3 heterocycles. The van der Waals surface area contributed by atoms with Gasteiger partial charge in [0, 0.05) is 56.0 Å². The summed E-state index contributed by atoms with van der Waals surface area (Å²) in [6, 6.07) is 15.6. The normalized spacial score (nSPS) is 14.9. The highest BCUT2D eigenvalue weighted by atomic mass is 16.2. The number of carbonyl (C=O) groups excluding carboxylic acids is 1. The van der Waals surface area contributed by atoms with Gasteiger partial charge in [0.15, 0.2) is 5.82 Å². The predicted octanol–water partition coefficient (Wildman–Crippen LogP) is 2.62. The lowest BCUT2D eigenvalue weighted by molar-refractivity contribution is 0.0767. The Morgan fingerprint density at radius 2 is 1.69 bits per heavy atom. The number of carbonyl (C=O) groups is 1. The van der Waals surface area contributed by atoms with Crippen LogP contribution in [-0.4, -0.2) is 51.8 Å². The maximum atomic E-state index is 12.9. The van der Waals surface area contributed by atoms with Crippen molar-refractivity contribution >= 4 is 11.7 Å². The SMILES string of the molecule is O=C(c1ccc(-n2cccc2)cc1)N1CCCN(c2cccnn2)CC1. The topological polar surface area (TPSA) is 54.3 Å². The standard InChI is InChI=1S/C20H21N5O/c26-20(17-6-8-18(9-7-17)23-11-1-2-12-23)25-14-4-13-24(15-16-25)19-5-3-10-21-22-19/h1-3,5-12H,4,13-16H2. The van der Waals surface area contributed by atoms with E-state index < -0.39 is 0 Å². The van der Waals surface area contributed by atoms with Gasteiger partial charge in [0.05, 0.1) is 0 Å². The third-order valence-electron chi connectivity index (χ3n) is 4.68. The van der Waals surface area contributed by atoms with E-state index in [9.17, 15) is 4.79 Å². The van der Waals surface area contributed by atoms with Gasteiger partial charge in [0.25, 0.3) is 5.91 Å². The van der Waals surface area contributed by atoms with Gasteiger partial charge in [-0.15, -0.1) is 5.10 Å². The average Bonchev–Trinajstić information content (AvgIpc) is 3.13. The highest BCUT2D eigenvalue weighted by Gasteiger charge is 2.21. The van der Waals surface area contributed by atoms with E-state index in [2.05, 4.69) is 15.1 Å². The number of nitrogens with zero attached hydrogens (tertiary/aromatic N) is 5. The van der Waals surface area contributed by atoms with Crippen molar-refractivity contribution in [3.05, 3.63) is 72.7 Å². The van der Waals surface area contributed by atoms with E-state index in [0.717, 1.165) is 43.1 Å². The van der Waals surface area contributed by atoms with Gasteiger partial charge >= 0.3 is 0 Å². The third-order valence-corrected chi connectivity index (χ3v) is 4.68. The summed E-state index contributed by atoms with van der Waals surface area (Å²) in [7, 11) is 0. The van der Waals surface area contributed by atoms with E-state index in [0.29, 0.717) is 6.54 Å². The van der Waals surface area contributed by atoms with Crippen LogP contribution in [0, 0.1) is 0 Å². The molecular weight excluding hydrogens is 326 g/mol. The Morgan fingerprint density at radius 3 is 2.42 bits per heavy atom. The minimum absolute atomic E-state index is 0.0880. The number of rotatable bonds is 3. The molecule has 0 atom stereocenters. The Morgan fingerprint density at radius 1 is 0.885 bits per heavy atom. The molecule has 1 aliphatic heterocycles. The number of anilines is 1. The zero-order valence-electron chi connectivity index (χ0n) is 14.5. The van der Waals surface area contributed by atoms with Gasteiger partial charge in [0.2, 0.25) is 0 Å². The summed E-state index contributed by atoms with van der Waals surface area (Å²) in [5.41, 5.74) is 1.78. The molecule has 26 heavy (non-hydrogen) atoms. The highest BCUT2D eigenvalue weighted by Crippen LogP contribution is 2.16. The van der Waals surface area contributed by atoms with Gasteiger partial charge in [-0.25, -0.2) is 0 Å². The van der Waals surface area contributed by atoms with Crippen LogP contribution in [-0.2, 0) is 0 Å². The molecule has 1 fully saturated rings. The van der Waals surface area contributed by atoms with E-state index in [1.54, 1.807) is 6.20 Å². The van der Waals surface area contributed by atoms with Crippen LogP contribution in [0.1, 0.15) is 16.8 Å². The number of hydrogen-bond acceptors (Lipinski definition) is 4. The van der Waals surface area contributed by atoms with Crippen LogP contribution < -0.4 is 4.90 Å². The first-order chi connectivity index (χ1) is 12.8. The van der Waals surface area contributed by atoms with E-state index in [1.165, 1.54) is 0 Å². The first-order valence-corrected chi connectivity index (χ1v) is 8.86. The van der Waals surface area contributed by atoms with Crippen molar-refractivity contribution in [3.63, 3.8) is 0 Å². The van der Waals surface area contributed by atoms with Gasteiger partial charge < -0.3 is 14.4 Å². The highest BCUT2D eigenvalue weighted by molar-refractivity contribution is 5.94. The molecule has 1 saturated heterocycles. The third kappa shape index (κ3) is 3.44. The Balaban J connectivity index is 1.43. The molecule has 0 radical (unpaired) electrons. The van der Waals surface area contributed by atoms with E-state index in [1.807, 2.05) is 70.4 Å². The monoisotopic (exact) mass is 347 g/mol. The Hall–Kier alpha value is -3.15. The van der Waals surface area contributed by atoms with Gasteiger partial charge in [-0.2, -0.15) is 5.10 Å². The molecule has 6 heteroatoms. The molecule has 0 saturated carbocycles. The van der Waals surface area contributed by atoms with Crippen LogP contribution in [0.4, 0.5) is 5.82 Å². The van der Waals surface area contributed by atoms with Gasteiger partial charge in [-0.3, -0.25) is 4.79 Å². The molecule has 132 valence electrons. The fourth-order valence-electron chi connectivity index (χ4n) is 3.28. The first kappa shape index (κ1) is 16.3. The van der Waals surface area contributed by atoms with Crippen molar-refractivity contribution in [2.75, 3.05) is 31.1 Å². The summed E-state index contributed by atoms with van der Waals surface area (Å²) < 4.78 is 2.03. The van der Waals surface area contributed by atoms with Crippen LogP contribution in [0.5, 0.6) is 0 Å². The van der Waals surface area contributed by atoms with Crippen molar-refractivity contribution in [2.24, 2.45) is 0 Å². The molecule has 1 amide bonds. The fourth-order valence-corrected chi connectivity index (χ4v) is 3.28. The Bertz CT molecular complexity index is 846. The lowest BCUT2D eigenvalue weighted by atomic mass is 10.1. The van der Waals surface area contributed by atoms with Crippen LogP contribution in [0.3, 0.4) is 0 Å². The minimum atomic E-state index is 0.0880. The summed E-state index contributed by atoms with van der Waals surface area (Å²) in [5, 5.41) is 8.12. The van der Waals surface area contributed by atoms with E-state index >= 15 is 0 Å². The molecule has 1 aromatic carbocycles. The van der Waals surface area contributed by atoms with Crippen molar-refractivity contribution in [1.82, 2.24) is 19.7 Å². The largest absolute Gasteiger partial charge is 0.353 e. The number of hydrogen-bond donors (Lipinski definition) is 0. The quantitative estimate of drug-likeness (QED) is 0.731. The molecule has 4 rings (SSSR count). The number of amides is 1. The number of benzene rings is 1. The number of aromatic nitrogens is 3. The van der Waals surface area contributed by atoms with Crippen LogP contribution in [0.15, 0.2) is 67.1 Å². The van der Waals surface area contributed by atoms with Gasteiger partial charge in [0.1, 0.15) is 0 Å². The molecule has 0 N–H and O–H groups in total. The summed E-state index contributed by atoms with van der Waals surface area (Å²) in [6.07, 6.45) is 6.58. The maximum Gasteiger partial charge on any atom is 0.253 e. The second kappa shape index (κ2) is 7.39. The van der Waals surface area contributed by atoms with E-state index in [-0.39, 0.29) is 5.91 Å². The van der Waals surface area contributed by atoms with Crippen molar-refractivity contribution in [3.8, 4) is 5.69 Å². The van der Waals surface area contributed by atoms with Crippen molar-refractivity contribution in [1.29, 1.82) is 0 Å². The fraction of sp³-hybridized carbons (Fsp3) is 0.250. The molecule has 0 spiro atoms. The molecule has 0 aliphatic carbocycles. The molecule has 0 unspecified atom stereocenters. The van der Waals surface area contributed by atoms with Crippen LogP contribution in [0.2, 0.25) is 0 Å². The van der Waals surface area contributed by atoms with Crippen LogP contribution in [0.25, 0.3) is 5.69 Å². The Labute approximate surface area is 152 Å². The lowest BCUT2D eigenvalue weighted by Crippen LogP contribution is -2.35. The second-order valence-electron chi connectivity index (χ2n) is 6.35. The molecule has 0 bridgehead atoms. The minimum Gasteiger partial charge on any atom is -0.353 e. The van der Waals surface area contributed by atoms with E-state index in [4.69, 9.17) is 0 Å². The molecule has 6 nitrogen and oxygen atoms in total. The first-order valence-electron chi connectivity index (χ1n) is 8.86. The smallest absolute Gasteiger partial charge is 0.253 e. The lowest BCUT2D eigenvalue weighted by Gasteiger charge is -2.22. The maximum absolute atomic E-state index is 12.9. The van der Waals surface area contributed by atoms with Crippen molar-refractivity contribution in [2.45, 2.75) is 6.42 Å². The second-order valence-corrected chi connectivity index (χ2v) is 6.35. The molecular formula is C20H21N5O. The summed E-state index contributed by atoms with van der Waals surface area (Å²) in [4.78, 5) is 17.0. The summed E-state index contributed by atoms with van der Waals surface area (Å²) in [6.45, 7) is 3.10. The summed E-state index contributed by atoms with van der Waals surface area (Å²) in [5.74, 6) is 0.961. The Kier molecular flexibility index (Phi) is 4.64. The molecule has 1 aliphatic rings.